The molecule has 0 saturated heterocycles. The van der Waals surface area contributed by atoms with Gasteiger partial charge >= 0.3 is 0 Å². The fraction of sp³-hybridized carbons (Fsp3) is 0.364. The molecule has 0 radical (unpaired) electrons. The van der Waals surface area contributed by atoms with Gasteiger partial charge in [-0.05, 0) is 26.0 Å². The molecule has 0 aliphatic heterocycles. The van der Waals surface area contributed by atoms with Crippen LogP contribution in [-0.4, -0.2) is 16.9 Å². The molecule has 1 heterocycles. The van der Waals surface area contributed by atoms with Crippen LogP contribution in [0.5, 0.6) is 5.75 Å². The molecule has 0 aliphatic carbocycles. The Balaban J connectivity index is 2.88. The van der Waals surface area contributed by atoms with Crippen LogP contribution in [0.25, 0.3) is 10.9 Å². The number of ether oxygens (including phenoxy) is 1. The van der Waals surface area contributed by atoms with Crippen molar-refractivity contribution in [3.05, 3.63) is 28.6 Å². The maximum Gasteiger partial charge on any atom is 0.272 e. The first kappa shape index (κ1) is 9.83. The molecule has 2 rings (SSSR count). The Labute approximate surface area is 87.5 Å². The summed E-state index contributed by atoms with van der Waals surface area (Å²) in [5.74, 6) is 0.722. The van der Waals surface area contributed by atoms with E-state index in [-0.39, 0.29) is 11.6 Å². The summed E-state index contributed by atoms with van der Waals surface area (Å²) in [6.45, 7) is 4.03. The van der Waals surface area contributed by atoms with Crippen LogP contribution in [0.3, 0.4) is 0 Å². The van der Waals surface area contributed by atoms with Gasteiger partial charge in [0.2, 0.25) is 0 Å². The summed E-state index contributed by atoms with van der Waals surface area (Å²) in [6.07, 6.45) is 0. The normalized spacial score (nSPS) is 11.2. The third kappa shape index (κ3) is 1.42. The lowest BCUT2D eigenvalue weighted by Gasteiger charge is -2.10. The van der Waals surface area contributed by atoms with Crippen LogP contribution in [0.2, 0.25) is 0 Å². The number of H-pyrrole nitrogens is 1. The van der Waals surface area contributed by atoms with Crippen molar-refractivity contribution < 1.29 is 4.74 Å². The average Bonchev–Trinajstić information content (AvgIpc) is 2.56. The molecule has 2 aromatic rings. The van der Waals surface area contributed by atoms with E-state index in [1.54, 1.807) is 13.2 Å². The highest BCUT2D eigenvalue weighted by Crippen LogP contribution is 2.24. The number of hydrogen-bond donors (Lipinski definition) is 1. The molecular weight excluding hydrogens is 192 g/mol. The van der Waals surface area contributed by atoms with Gasteiger partial charge < -0.3 is 4.74 Å². The van der Waals surface area contributed by atoms with E-state index in [2.05, 4.69) is 5.10 Å². The van der Waals surface area contributed by atoms with E-state index in [1.165, 1.54) is 0 Å². The van der Waals surface area contributed by atoms with E-state index in [4.69, 9.17) is 4.74 Å². The SMILES string of the molecule is COc1cccc2c(=O)[nH]n(C(C)C)c12. The predicted octanol–water partition coefficient (Wildman–Crippen LogP) is 1.92. The molecule has 1 aromatic heterocycles. The third-order valence-electron chi connectivity index (χ3n) is 2.44. The van der Waals surface area contributed by atoms with Crippen LogP contribution >= 0.6 is 0 Å². The zero-order valence-corrected chi connectivity index (χ0v) is 9.07. The van der Waals surface area contributed by atoms with E-state index in [1.807, 2.05) is 30.7 Å². The number of nitrogens with one attached hydrogen (secondary N) is 1. The summed E-state index contributed by atoms with van der Waals surface area (Å²) in [7, 11) is 1.61. The van der Waals surface area contributed by atoms with Crippen molar-refractivity contribution in [2.75, 3.05) is 7.11 Å². The fourth-order valence-corrected chi connectivity index (χ4v) is 1.73. The van der Waals surface area contributed by atoms with Gasteiger partial charge in [0.25, 0.3) is 5.56 Å². The highest BCUT2D eigenvalue weighted by Gasteiger charge is 2.12. The lowest BCUT2D eigenvalue weighted by molar-refractivity contribution is 0.414. The Bertz CT molecular complexity index is 537. The number of hydrogen-bond acceptors (Lipinski definition) is 2. The maximum atomic E-state index is 11.6. The molecule has 15 heavy (non-hydrogen) atoms. The second-order valence-corrected chi connectivity index (χ2v) is 3.76. The lowest BCUT2D eigenvalue weighted by atomic mass is 10.2. The fourth-order valence-electron chi connectivity index (χ4n) is 1.73. The van der Waals surface area contributed by atoms with Crippen LogP contribution in [0.4, 0.5) is 0 Å². The lowest BCUT2D eigenvalue weighted by Crippen LogP contribution is -2.07. The van der Waals surface area contributed by atoms with Gasteiger partial charge in [0.1, 0.15) is 11.3 Å². The summed E-state index contributed by atoms with van der Waals surface area (Å²) in [5, 5.41) is 3.48. The quantitative estimate of drug-likeness (QED) is 0.816. The summed E-state index contributed by atoms with van der Waals surface area (Å²) in [6, 6.07) is 5.68. The molecule has 80 valence electrons. The molecule has 0 unspecified atom stereocenters. The zero-order chi connectivity index (χ0) is 11.0. The molecular formula is C11H14N2O2. The van der Waals surface area contributed by atoms with E-state index in [9.17, 15) is 4.79 Å². The Morgan fingerprint density at radius 3 is 2.73 bits per heavy atom. The molecule has 0 fully saturated rings. The highest BCUT2D eigenvalue weighted by molar-refractivity contribution is 5.84. The molecule has 4 nitrogen and oxygen atoms in total. The van der Waals surface area contributed by atoms with Crippen molar-refractivity contribution in [1.29, 1.82) is 0 Å². The average molecular weight is 206 g/mol. The minimum Gasteiger partial charge on any atom is -0.494 e. The van der Waals surface area contributed by atoms with Gasteiger partial charge in [0.15, 0.2) is 0 Å². The molecule has 4 heteroatoms. The predicted molar refractivity (Wildman–Crippen MR) is 59.5 cm³/mol. The summed E-state index contributed by atoms with van der Waals surface area (Å²) in [5.41, 5.74) is 0.762. The first-order valence-corrected chi connectivity index (χ1v) is 4.92. The number of rotatable bonds is 2. The van der Waals surface area contributed by atoms with E-state index in [0.29, 0.717) is 5.39 Å². The first-order chi connectivity index (χ1) is 7.15. The third-order valence-corrected chi connectivity index (χ3v) is 2.44. The number of aromatic nitrogens is 2. The molecule has 1 N–H and O–H groups in total. The van der Waals surface area contributed by atoms with Gasteiger partial charge in [-0.1, -0.05) is 6.07 Å². The van der Waals surface area contributed by atoms with Crippen LogP contribution in [-0.2, 0) is 0 Å². The monoisotopic (exact) mass is 206 g/mol. The van der Waals surface area contributed by atoms with E-state index >= 15 is 0 Å². The van der Waals surface area contributed by atoms with Gasteiger partial charge in [-0.3, -0.25) is 14.6 Å². The Morgan fingerprint density at radius 1 is 1.40 bits per heavy atom. The number of methoxy groups -OCH3 is 1. The van der Waals surface area contributed by atoms with E-state index < -0.39 is 0 Å². The molecule has 0 bridgehead atoms. The summed E-state index contributed by atoms with van der Waals surface area (Å²) < 4.78 is 7.08. The van der Waals surface area contributed by atoms with Gasteiger partial charge in [0.05, 0.1) is 12.5 Å². The molecule has 0 spiro atoms. The largest absolute Gasteiger partial charge is 0.494 e. The molecule has 1 aromatic carbocycles. The standard InChI is InChI=1S/C11H14N2O2/c1-7(2)13-10-8(11(14)12-13)5-4-6-9(10)15-3/h4-7H,1-3H3,(H,12,14). The highest BCUT2D eigenvalue weighted by atomic mass is 16.5. The van der Waals surface area contributed by atoms with Gasteiger partial charge in [-0.15, -0.1) is 0 Å². The number of para-hydroxylation sites is 1. The van der Waals surface area contributed by atoms with Gasteiger partial charge in [-0.25, -0.2) is 0 Å². The summed E-state index contributed by atoms with van der Waals surface area (Å²) >= 11 is 0. The van der Waals surface area contributed by atoms with Gasteiger partial charge in [0, 0.05) is 6.04 Å². The molecule has 0 aliphatic rings. The second-order valence-electron chi connectivity index (χ2n) is 3.76. The van der Waals surface area contributed by atoms with Gasteiger partial charge in [-0.2, -0.15) is 0 Å². The number of fused-ring (bicyclic) bond motifs is 1. The topological polar surface area (TPSA) is 47.0 Å². The van der Waals surface area contributed by atoms with E-state index in [0.717, 1.165) is 11.3 Å². The van der Waals surface area contributed by atoms with Crippen molar-refractivity contribution in [3.8, 4) is 5.75 Å². The Hall–Kier alpha value is -1.71. The van der Waals surface area contributed by atoms with Crippen LogP contribution in [0, 0.1) is 0 Å². The minimum absolute atomic E-state index is 0.0717. The second kappa shape index (κ2) is 3.46. The first-order valence-electron chi connectivity index (χ1n) is 4.92. The minimum atomic E-state index is -0.0717. The van der Waals surface area contributed by atoms with Crippen molar-refractivity contribution in [2.45, 2.75) is 19.9 Å². The van der Waals surface area contributed by atoms with Crippen LogP contribution in [0.15, 0.2) is 23.0 Å². The van der Waals surface area contributed by atoms with Crippen molar-refractivity contribution >= 4 is 10.9 Å². The molecule has 0 saturated carbocycles. The smallest absolute Gasteiger partial charge is 0.272 e. The summed E-state index contributed by atoms with van der Waals surface area (Å²) in [4.78, 5) is 11.6. The zero-order valence-electron chi connectivity index (χ0n) is 9.07. The molecule has 0 amide bonds. The number of aromatic amines is 1. The molecule has 0 atom stereocenters. The van der Waals surface area contributed by atoms with Crippen LogP contribution < -0.4 is 10.3 Å². The van der Waals surface area contributed by atoms with Crippen molar-refractivity contribution in [2.24, 2.45) is 0 Å². The van der Waals surface area contributed by atoms with Crippen molar-refractivity contribution in [3.63, 3.8) is 0 Å². The maximum absolute atomic E-state index is 11.6. The van der Waals surface area contributed by atoms with Crippen molar-refractivity contribution in [1.82, 2.24) is 9.78 Å². The number of nitrogens with zero attached hydrogens (tertiary/aromatic N) is 1. The van der Waals surface area contributed by atoms with Crippen LogP contribution in [0.1, 0.15) is 19.9 Å². The Kier molecular flexibility index (Phi) is 2.26. The number of benzene rings is 1. The Morgan fingerprint density at radius 2 is 2.13 bits per heavy atom.